The van der Waals surface area contributed by atoms with E-state index in [1.807, 2.05) is 11.3 Å². The van der Waals surface area contributed by atoms with Crippen LogP contribution in [0.5, 0.6) is 0 Å². The standard InChI is InChI=1S/C14H19NS/c1-3-6-12-11-7-4-5-8-13(11)16-14(12)10(2)9-15/h4-5,7-8,10H,3,6,9,15H2,1-2H3. The molecule has 2 N–H and O–H groups in total. The van der Waals surface area contributed by atoms with Gasteiger partial charge in [0.05, 0.1) is 0 Å². The first kappa shape index (κ1) is 11.6. The molecule has 0 radical (unpaired) electrons. The molecule has 0 amide bonds. The van der Waals surface area contributed by atoms with Gasteiger partial charge in [0, 0.05) is 15.5 Å². The Balaban J connectivity index is 2.58. The number of thiophene rings is 1. The number of aryl methyl sites for hydroxylation is 1. The summed E-state index contributed by atoms with van der Waals surface area (Å²) < 4.78 is 1.40. The van der Waals surface area contributed by atoms with Gasteiger partial charge in [-0.05, 0) is 30.0 Å². The first-order chi connectivity index (χ1) is 7.77. The molecule has 0 spiro atoms. The Morgan fingerprint density at radius 3 is 2.75 bits per heavy atom. The Hall–Kier alpha value is -0.860. The largest absolute Gasteiger partial charge is 0.330 e. The Bertz CT molecular complexity index is 473. The molecule has 1 aromatic heterocycles. The molecule has 1 nitrogen and oxygen atoms in total. The lowest BCUT2D eigenvalue weighted by Gasteiger charge is -2.09. The van der Waals surface area contributed by atoms with Gasteiger partial charge in [0.2, 0.25) is 0 Å². The molecule has 0 aliphatic rings. The third-order valence-corrected chi connectivity index (χ3v) is 4.48. The van der Waals surface area contributed by atoms with E-state index in [-0.39, 0.29) is 0 Å². The smallest absolute Gasteiger partial charge is 0.0348 e. The van der Waals surface area contributed by atoms with Crippen molar-refractivity contribution in [3.8, 4) is 0 Å². The molecule has 2 aromatic rings. The topological polar surface area (TPSA) is 26.0 Å². The van der Waals surface area contributed by atoms with E-state index in [4.69, 9.17) is 5.73 Å². The second kappa shape index (κ2) is 4.98. The Labute approximate surface area is 101 Å². The highest BCUT2D eigenvalue weighted by molar-refractivity contribution is 7.19. The van der Waals surface area contributed by atoms with Gasteiger partial charge < -0.3 is 5.73 Å². The highest BCUT2D eigenvalue weighted by Crippen LogP contribution is 2.36. The maximum absolute atomic E-state index is 5.80. The quantitative estimate of drug-likeness (QED) is 0.851. The maximum atomic E-state index is 5.80. The van der Waals surface area contributed by atoms with Crippen molar-refractivity contribution in [3.05, 3.63) is 34.7 Å². The van der Waals surface area contributed by atoms with Crippen molar-refractivity contribution in [2.24, 2.45) is 5.73 Å². The first-order valence-electron chi connectivity index (χ1n) is 5.98. The monoisotopic (exact) mass is 233 g/mol. The van der Waals surface area contributed by atoms with E-state index in [9.17, 15) is 0 Å². The number of rotatable bonds is 4. The zero-order valence-electron chi connectivity index (χ0n) is 9.99. The van der Waals surface area contributed by atoms with Crippen molar-refractivity contribution in [2.45, 2.75) is 32.6 Å². The van der Waals surface area contributed by atoms with Gasteiger partial charge in [-0.1, -0.05) is 38.5 Å². The summed E-state index contributed by atoms with van der Waals surface area (Å²) in [7, 11) is 0. The lowest BCUT2D eigenvalue weighted by atomic mass is 10.00. The number of hydrogen-bond donors (Lipinski definition) is 1. The van der Waals surface area contributed by atoms with Gasteiger partial charge >= 0.3 is 0 Å². The van der Waals surface area contributed by atoms with Crippen molar-refractivity contribution in [3.63, 3.8) is 0 Å². The molecular formula is C14H19NS. The minimum Gasteiger partial charge on any atom is -0.330 e. The van der Waals surface area contributed by atoms with Crippen molar-refractivity contribution in [1.82, 2.24) is 0 Å². The van der Waals surface area contributed by atoms with Crippen molar-refractivity contribution in [2.75, 3.05) is 6.54 Å². The third kappa shape index (κ3) is 2.00. The molecule has 0 saturated heterocycles. The first-order valence-corrected chi connectivity index (χ1v) is 6.80. The molecule has 16 heavy (non-hydrogen) atoms. The van der Waals surface area contributed by atoms with Crippen LogP contribution >= 0.6 is 11.3 Å². The Kier molecular flexibility index (Phi) is 3.62. The summed E-state index contributed by atoms with van der Waals surface area (Å²) in [6.45, 7) is 5.21. The third-order valence-electron chi connectivity index (χ3n) is 3.03. The van der Waals surface area contributed by atoms with Crippen LogP contribution in [-0.4, -0.2) is 6.54 Å². The van der Waals surface area contributed by atoms with Crippen molar-refractivity contribution in [1.29, 1.82) is 0 Å². The molecule has 1 heterocycles. The summed E-state index contributed by atoms with van der Waals surface area (Å²) in [6.07, 6.45) is 2.37. The van der Waals surface area contributed by atoms with E-state index in [2.05, 4.69) is 38.1 Å². The van der Waals surface area contributed by atoms with Gasteiger partial charge in [0.1, 0.15) is 0 Å². The molecule has 2 heteroatoms. The summed E-state index contributed by atoms with van der Waals surface area (Å²) in [5, 5.41) is 1.43. The van der Waals surface area contributed by atoms with Gasteiger partial charge in [-0.15, -0.1) is 11.3 Å². The van der Waals surface area contributed by atoms with Crippen LogP contribution in [0.2, 0.25) is 0 Å². The van der Waals surface area contributed by atoms with E-state index in [0.29, 0.717) is 5.92 Å². The van der Waals surface area contributed by atoms with Crippen molar-refractivity contribution < 1.29 is 0 Å². The van der Waals surface area contributed by atoms with Crippen LogP contribution in [-0.2, 0) is 6.42 Å². The summed E-state index contributed by atoms with van der Waals surface area (Å²) in [6, 6.07) is 8.70. The average Bonchev–Trinajstić information content (AvgIpc) is 2.68. The molecule has 86 valence electrons. The van der Waals surface area contributed by atoms with Gasteiger partial charge in [0.15, 0.2) is 0 Å². The SMILES string of the molecule is CCCc1c(C(C)CN)sc2ccccc12. The van der Waals surface area contributed by atoms with Crippen LogP contribution in [0, 0.1) is 0 Å². The van der Waals surface area contributed by atoms with E-state index in [0.717, 1.165) is 6.54 Å². The zero-order valence-corrected chi connectivity index (χ0v) is 10.8. The fourth-order valence-electron chi connectivity index (χ4n) is 2.13. The van der Waals surface area contributed by atoms with Gasteiger partial charge in [-0.25, -0.2) is 0 Å². The second-order valence-electron chi connectivity index (χ2n) is 4.33. The molecule has 0 fully saturated rings. The molecule has 1 aromatic carbocycles. The summed E-state index contributed by atoms with van der Waals surface area (Å²) in [5.74, 6) is 0.485. The molecule has 0 aliphatic heterocycles. The van der Waals surface area contributed by atoms with Crippen LogP contribution in [0.3, 0.4) is 0 Å². The predicted molar refractivity (Wildman–Crippen MR) is 73.3 cm³/mol. The molecule has 1 unspecified atom stereocenters. The van der Waals surface area contributed by atoms with Crippen LogP contribution < -0.4 is 5.73 Å². The van der Waals surface area contributed by atoms with Gasteiger partial charge in [0.25, 0.3) is 0 Å². The Morgan fingerprint density at radius 2 is 2.06 bits per heavy atom. The predicted octanol–water partition coefficient (Wildman–Crippen LogP) is 3.92. The summed E-state index contributed by atoms with van der Waals surface area (Å²) in [4.78, 5) is 1.49. The Morgan fingerprint density at radius 1 is 1.31 bits per heavy atom. The summed E-state index contributed by atoms with van der Waals surface area (Å²) >= 11 is 1.92. The lowest BCUT2D eigenvalue weighted by Crippen LogP contribution is -2.09. The number of hydrogen-bond acceptors (Lipinski definition) is 2. The van der Waals surface area contributed by atoms with Crippen molar-refractivity contribution >= 4 is 21.4 Å². The second-order valence-corrected chi connectivity index (χ2v) is 5.41. The zero-order chi connectivity index (χ0) is 11.5. The molecule has 2 rings (SSSR count). The van der Waals surface area contributed by atoms with E-state index < -0.39 is 0 Å². The lowest BCUT2D eigenvalue weighted by molar-refractivity contribution is 0.773. The molecule has 0 bridgehead atoms. The average molecular weight is 233 g/mol. The molecule has 0 saturated carbocycles. The fourth-order valence-corrected chi connectivity index (χ4v) is 3.45. The highest BCUT2D eigenvalue weighted by atomic mass is 32.1. The number of nitrogens with two attached hydrogens (primary N) is 1. The van der Waals surface area contributed by atoms with Gasteiger partial charge in [-0.3, -0.25) is 0 Å². The van der Waals surface area contributed by atoms with E-state index in [1.54, 1.807) is 0 Å². The molecule has 1 atom stereocenters. The van der Waals surface area contributed by atoms with Gasteiger partial charge in [-0.2, -0.15) is 0 Å². The minimum absolute atomic E-state index is 0.485. The summed E-state index contributed by atoms with van der Waals surface area (Å²) in [5.41, 5.74) is 7.33. The minimum atomic E-state index is 0.485. The van der Waals surface area contributed by atoms with Crippen LogP contribution in [0.25, 0.3) is 10.1 Å². The number of benzene rings is 1. The fraction of sp³-hybridized carbons (Fsp3) is 0.429. The normalized spacial score (nSPS) is 13.2. The molecular weight excluding hydrogens is 214 g/mol. The highest BCUT2D eigenvalue weighted by Gasteiger charge is 2.15. The van der Waals surface area contributed by atoms with Crippen LogP contribution in [0.1, 0.15) is 36.6 Å². The molecule has 0 aliphatic carbocycles. The number of fused-ring (bicyclic) bond motifs is 1. The van der Waals surface area contributed by atoms with E-state index >= 15 is 0 Å². The van der Waals surface area contributed by atoms with Crippen LogP contribution in [0.4, 0.5) is 0 Å². The van der Waals surface area contributed by atoms with E-state index in [1.165, 1.54) is 33.4 Å². The maximum Gasteiger partial charge on any atom is 0.0348 e. The van der Waals surface area contributed by atoms with Crippen LogP contribution in [0.15, 0.2) is 24.3 Å².